The first kappa shape index (κ1) is 16.5. The van der Waals surface area contributed by atoms with E-state index >= 15 is 0 Å². The number of aromatic amines is 1. The zero-order chi connectivity index (χ0) is 16.3. The summed E-state index contributed by atoms with van der Waals surface area (Å²) in [5.41, 5.74) is 2.53. The minimum Gasteiger partial charge on any atom is -0.322 e. The number of carbonyl (C=O) groups excluding carboxylic acids is 1. The van der Waals surface area contributed by atoms with E-state index in [1.54, 1.807) is 26.0 Å². The number of halogens is 2. The Hall–Kier alpha value is -1.92. The van der Waals surface area contributed by atoms with Crippen LogP contribution >= 0.6 is 11.6 Å². The van der Waals surface area contributed by atoms with Crippen LogP contribution in [-0.2, 0) is 4.79 Å². The van der Waals surface area contributed by atoms with Crippen molar-refractivity contribution >= 4 is 23.2 Å². The molecule has 0 saturated carbocycles. The normalized spacial score (nSPS) is 12.2. The number of amides is 1. The second-order valence-electron chi connectivity index (χ2n) is 5.10. The van der Waals surface area contributed by atoms with Crippen LogP contribution in [0.15, 0.2) is 18.2 Å². The minimum absolute atomic E-state index is 0.0376. The third kappa shape index (κ3) is 3.64. The largest absolute Gasteiger partial charge is 0.322 e. The van der Waals surface area contributed by atoms with Gasteiger partial charge in [-0.3, -0.25) is 9.89 Å². The number of aryl methyl sites for hydroxylation is 2. The third-order valence-electron chi connectivity index (χ3n) is 3.39. The van der Waals surface area contributed by atoms with Crippen molar-refractivity contribution in [2.24, 2.45) is 0 Å². The minimum atomic E-state index is -0.394. The SMILES string of the molecule is Cc1n[nH]c(C)c1NC(=O)CNC(C)c1c(F)cccc1Cl. The van der Waals surface area contributed by atoms with Crippen LogP contribution in [0, 0.1) is 19.7 Å². The molecular formula is C15H18ClFN4O. The average molecular weight is 325 g/mol. The van der Waals surface area contributed by atoms with Gasteiger partial charge in [0.15, 0.2) is 0 Å². The summed E-state index contributed by atoms with van der Waals surface area (Å²) in [5.74, 6) is -0.624. The lowest BCUT2D eigenvalue weighted by atomic mass is 10.1. The molecule has 0 saturated heterocycles. The van der Waals surface area contributed by atoms with Crippen LogP contribution in [-0.4, -0.2) is 22.6 Å². The van der Waals surface area contributed by atoms with Crippen LogP contribution in [0.25, 0.3) is 0 Å². The molecule has 1 heterocycles. The molecule has 0 bridgehead atoms. The molecule has 0 spiro atoms. The smallest absolute Gasteiger partial charge is 0.238 e. The van der Waals surface area contributed by atoms with E-state index in [1.807, 2.05) is 6.92 Å². The van der Waals surface area contributed by atoms with Crippen molar-refractivity contribution in [1.82, 2.24) is 15.5 Å². The molecule has 0 aliphatic rings. The van der Waals surface area contributed by atoms with Crippen molar-refractivity contribution in [2.75, 3.05) is 11.9 Å². The number of aromatic nitrogens is 2. The van der Waals surface area contributed by atoms with E-state index in [9.17, 15) is 9.18 Å². The lowest BCUT2D eigenvalue weighted by Crippen LogP contribution is -2.30. The van der Waals surface area contributed by atoms with Gasteiger partial charge in [0.25, 0.3) is 0 Å². The molecule has 0 fully saturated rings. The fourth-order valence-electron chi connectivity index (χ4n) is 2.19. The van der Waals surface area contributed by atoms with Crippen molar-refractivity contribution in [2.45, 2.75) is 26.8 Å². The maximum atomic E-state index is 13.8. The van der Waals surface area contributed by atoms with E-state index in [4.69, 9.17) is 11.6 Å². The van der Waals surface area contributed by atoms with Crippen LogP contribution in [0.4, 0.5) is 10.1 Å². The first-order chi connectivity index (χ1) is 10.4. The molecular weight excluding hydrogens is 307 g/mol. The summed E-state index contributed by atoms with van der Waals surface area (Å²) in [6.45, 7) is 5.42. The summed E-state index contributed by atoms with van der Waals surface area (Å²) in [4.78, 5) is 12.0. The Morgan fingerprint density at radius 2 is 2.18 bits per heavy atom. The van der Waals surface area contributed by atoms with Crippen molar-refractivity contribution in [3.05, 3.63) is 46.0 Å². The maximum absolute atomic E-state index is 13.8. The predicted octanol–water partition coefficient (Wildman–Crippen LogP) is 3.11. The van der Waals surface area contributed by atoms with Gasteiger partial charge in [0.1, 0.15) is 5.82 Å². The molecule has 1 aromatic heterocycles. The zero-order valence-electron chi connectivity index (χ0n) is 12.6. The van der Waals surface area contributed by atoms with Gasteiger partial charge in [0.2, 0.25) is 5.91 Å². The highest BCUT2D eigenvalue weighted by Gasteiger charge is 2.16. The molecule has 0 radical (unpaired) electrons. The molecule has 7 heteroatoms. The summed E-state index contributed by atoms with van der Waals surface area (Å²) < 4.78 is 13.8. The number of hydrogen-bond donors (Lipinski definition) is 3. The summed E-state index contributed by atoms with van der Waals surface area (Å²) in [6.07, 6.45) is 0. The fourth-order valence-corrected chi connectivity index (χ4v) is 2.52. The molecule has 1 aromatic carbocycles. The Kier molecular flexibility index (Phi) is 5.15. The van der Waals surface area contributed by atoms with E-state index in [0.717, 1.165) is 11.4 Å². The number of hydrogen-bond acceptors (Lipinski definition) is 3. The molecule has 1 unspecified atom stereocenters. The van der Waals surface area contributed by atoms with Crippen LogP contribution in [0.2, 0.25) is 5.02 Å². The standard InChI is InChI=1S/C15H18ClFN4O/c1-8(14-11(16)5-4-6-12(14)17)18-7-13(22)19-15-9(2)20-21-10(15)3/h4-6,8,18H,7H2,1-3H3,(H,19,22)(H,20,21). The summed E-state index contributed by atoms with van der Waals surface area (Å²) >= 11 is 6.00. The topological polar surface area (TPSA) is 69.8 Å². The summed E-state index contributed by atoms with van der Waals surface area (Å²) in [7, 11) is 0. The van der Waals surface area contributed by atoms with Crippen LogP contribution in [0.1, 0.15) is 29.9 Å². The van der Waals surface area contributed by atoms with Gasteiger partial charge in [-0.1, -0.05) is 17.7 Å². The van der Waals surface area contributed by atoms with Crippen LogP contribution in [0.3, 0.4) is 0 Å². The number of nitrogens with zero attached hydrogens (tertiary/aromatic N) is 1. The van der Waals surface area contributed by atoms with Crippen molar-refractivity contribution in [1.29, 1.82) is 0 Å². The Balaban J connectivity index is 1.96. The Morgan fingerprint density at radius 3 is 2.77 bits per heavy atom. The molecule has 5 nitrogen and oxygen atoms in total. The molecule has 0 aliphatic carbocycles. The van der Waals surface area contributed by atoms with Gasteiger partial charge in [-0.15, -0.1) is 0 Å². The Bertz CT molecular complexity index is 646. The van der Waals surface area contributed by atoms with E-state index in [-0.39, 0.29) is 18.5 Å². The fraction of sp³-hybridized carbons (Fsp3) is 0.333. The van der Waals surface area contributed by atoms with Gasteiger partial charge in [-0.05, 0) is 32.9 Å². The Morgan fingerprint density at radius 1 is 1.45 bits per heavy atom. The number of H-pyrrole nitrogens is 1. The summed E-state index contributed by atoms with van der Waals surface area (Å²) in [6, 6.07) is 4.13. The summed E-state index contributed by atoms with van der Waals surface area (Å²) in [5, 5.41) is 12.9. The second-order valence-corrected chi connectivity index (χ2v) is 5.50. The van der Waals surface area contributed by atoms with E-state index in [2.05, 4.69) is 20.8 Å². The lowest BCUT2D eigenvalue weighted by molar-refractivity contribution is -0.115. The van der Waals surface area contributed by atoms with Gasteiger partial charge < -0.3 is 10.6 Å². The first-order valence-electron chi connectivity index (χ1n) is 6.89. The van der Waals surface area contributed by atoms with Gasteiger partial charge in [-0.2, -0.15) is 5.10 Å². The van der Waals surface area contributed by atoms with Gasteiger partial charge >= 0.3 is 0 Å². The van der Waals surface area contributed by atoms with Gasteiger partial charge in [-0.25, -0.2) is 4.39 Å². The van der Waals surface area contributed by atoms with Crippen molar-refractivity contribution in [3.8, 4) is 0 Å². The van der Waals surface area contributed by atoms with Crippen LogP contribution < -0.4 is 10.6 Å². The average Bonchev–Trinajstić information content (AvgIpc) is 2.77. The second kappa shape index (κ2) is 6.89. The van der Waals surface area contributed by atoms with Crippen molar-refractivity contribution in [3.63, 3.8) is 0 Å². The monoisotopic (exact) mass is 324 g/mol. The number of nitrogens with one attached hydrogen (secondary N) is 3. The highest BCUT2D eigenvalue weighted by molar-refractivity contribution is 6.31. The van der Waals surface area contributed by atoms with Crippen molar-refractivity contribution < 1.29 is 9.18 Å². The highest BCUT2D eigenvalue weighted by atomic mass is 35.5. The number of rotatable bonds is 5. The van der Waals surface area contributed by atoms with Crippen LogP contribution in [0.5, 0.6) is 0 Å². The Labute approximate surface area is 133 Å². The molecule has 1 atom stereocenters. The molecule has 22 heavy (non-hydrogen) atoms. The first-order valence-corrected chi connectivity index (χ1v) is 7.26. The van der Waals surface area contributed by atoms with E-state index in [1.165, 1.54) is 6.07 Å². The number of carbonyl (C=O) groups is 1. The van der Waals surface area contributed by atoms with Gasteiger partial charge in [0, 0.05) is 16.6 Å². The maximum Gasteiger partial charge on any atom is 0.238 e. The zero-order valence-corrected chi connectivity index (χ0v) is 13.4. The molecule has 2 rings (SSSR count). The van der Waals surface area contributed by atoms with Gasteiger partial charge in [0.05, 0.1) is 23.6 Å². The van der Waals surface area contributed by atoms with E-state index in [0.29, 0.717) is 16.3 Å². The number of anilines is 1. The quantitative estimate of drug-likeness (QED) is 0.791. The molecule has 118 valence electrons. The van der Waals surface area contributed by atoms with E-state index < -0.39 is 5.82 Å². The highest BCUT2D eigenvalue weighted by Crippen LogP contribution is 2.25. The molecule has 3 N–H and O–H groups in total. The number of benzene rings is 1. The molecule has 2 aromatic rings. The lowest BCUT2D eigenvalue weighted by Gasteiger charge is -2.16. The predicted molar refractivity (Wildman–Crippen MR) is 84.5 cm³/mol. The molecule has 1 amide bonds. The molecule has 0 aliphatic heterocycles. The third-order valence-corrected chi connectivity index (χ3v) is 3.72.